The normalized spacial score (nSPS) is 14.9. The van der Waals surface area contributed by atoms with Crippen molar-refractivity contribution in [2.45, 2.75) is 50.4 Å². The molecule has 0 aromatic heterocycles. The summed E-state index contributed by atoms with van der Waals surface area (Å²) in [5, 5.41) is 13.1. The van der Waals surface area contributed by atoms with Crippen LogP contribution in [0.5, 0.6) is 0 Å². The van der Waals surface area contributed by atoms with Crippen LogP contribution in [0.25, 0.3) is 0 Å². The third kappa shape index (κ3) is 7.54. The van der Waals surface area contributed by atoms with Crippen molar-refractivity contribution in [1.82, 2.24) is 10.2 Å². The number of nitrogens with one attached hydrogen (secondary N) is 1. The van der Waals surface area contributed by atoms with E-state index in [9.17, 15) is 24.3 Å². The van der Waals surface area contributed by atoms with E-state index in [4.69, 9.17) is 11.5 Å². The second-order valence-corrected chi connectivity index (χ2v) is 9.31. The van der Waals surface area contributed by atoms with Crippen LogP contribution in [0.3, 0.4) is 0 Å². The zero-order valence-electron chi connectivity index (χ0n) is 19.2. The van der Waals surface area contributed by atoms with Gasteiger partial charge in [0.25, 0.3) is 0 Å². The number of aliphatic carboxylic acids is 1. The molecule has 11 heteroatoms. The number of thioether (sulfide) groups is 1. The standard InChI is InChI=1S/C22H34N4O5S2/c1-14(2)25-12-18(27)26(20(29)16(23)11-15-7-5-4-6-8-15)22(21(30)31,9-10-33-3)19(28)17(24)13-32/h4-8,14,16-17,25,32H,9-13,23-24H2,1-3H3,(H,30,31). The second-order valence-electron chi connectivity index (χ2n) is 7.96. The monoisotopic (exact) mass is 498 g/mol. The Bertz CT molecular complexity index is 824. The summed E-state index contributed by atoms with van der Waals surface area (Å²) in [7, 11) is 0. The summed E-state index contributed by atoms with van der Waals surface area (Å²) in [6.45, 7) is 3.24. The molecule has 0 bridgehead atoms. The Morgan fingerprint density at radius 2 is 1.76 bits per heavy atom. The molecule has 0 fully saturated rings. The predicted octanol–water partition coefficient (Wildman–Crippen LogP) is 0.312. The number of carbonyl (C=O) groups is 4. The number of carboxylic acids is 1. The van der Waals surface area contributed by atoms with E-state index in [-0.39, 0.29) is 36.9 Å². The van der Waals surface area contributed by atoms with Crippen LogP contribution in [0.1, 0.15) is 25.8 Å². The fourth-order valence-corrected chi connectivity index (χ4v) is 3.97. The zero-order valence-corrected chi connectivity index (χ0v) is 20.9. The van der Waals surface area contributed by atoms with Crippen molar-refractivity contribution < 1.29 is 24.3 Å². The van der Waals surface area contributed by atoms with Crippen LogP contribution in [-0.4, -0.2) is 81.5 Å². The highest BCUT2D eigenvalue weighted by atomic mass is 32.2. The van der Waals surface area contributed by atoms with E-state index in [1.807, 2.05) is 0 Å². The Labute approximate surface area is 204 Å². The highest BCUT2D eigenvalue weighted by Gasteiger charge is 2.56. The predicted molar refractivity (Wildman–Crippen MR) is 133 cm³/mol. The average Bonchev–Trinajstić information content (AvgIpc) is 2.79. The number of rotatable bonds is 14. The number of thiol groups is 1. The number of imide groups is 1. The molecule has 184 valence electrons. The molecule has 0 aliphatic heterocycles. The van der Waals surface area contributed by atoms with E-state index in [2.05, 4.69) is 17.9 Å². The van der Waals surface area contributed by atoms with Gasteiger partial charge in [0, 0.05) is 11.8 Å². The first kappa shape index (κ1) is 29.1. The number of nitrogens with zero attached hydrogens (tertiary/aromatic N) is 1. The molecule has 1 rings (SSSR count). The summed E-state index contributed by atoms with van der Waals surface area (Å²) >= 11 is 5.30. The summed E-state index contributed by atoms with van der Waals surface area (Å²) < 4.78 is 0. The lowest BCUT2D eigenvalue weighted by atomic mass is 9.84. The quantitative estimate of drug-likeness (QED) is 0.180. The summed E-state index contributed by atoms with van der Waals surface area (Å²) in [6, 6.07) is 6.22. The summed E-state index contributed by atoms with van der Waals surface area (Å²) in [5.74, 6) is -4.35. The van der Waals surface area contributed by atoms with Crippen molar-refractivity contribution in [2.75, 3.05) is 24.3 Å². The lowest BCUT2D eigenvalue weighted by Gasteiger charge is -2.40. The van der Waals surface area contributed by atoms with E-state index in [0.717, 1.165) is 5.56 Å². The molecule has 0 heterocycles. The molecule has 0 radical (unpaired) electrons. The van der Waals surface area contributed by atoms with Crippen LogP contribution in [0.4, 0.5) is 0 Å². The molecule has 3 atom stereocenters. The molecule has 3 unspecified atom stereocenters. The molecule has 6 N–H and O–H groups in total. The molecule has 0 aliphatic carbocycles. The molecule has 0 saturated carbocycles. The van der Waals surface area contributed by atoms with Gasteiger partial charge in [-0.25, -0.2) is 4.79 Å². The van der Waals surface area contributed by atoms with E-state index in [1.54, 1.807) is 50.4 Å². The summed E-state index contributed by atoms with van der Waals surface area (Å²) in [4.78, 5) is 53.3. The van der Waals surface area contributed by atoms with Gasteiger partial charge >= 0.3 is 5.97 Å². The average molecular weight is 499 g/mol. The molecule has 0 aliphatic rings. The second kappa shape index (κ2) is 13.7. The first-order chi connectivity index (χ1) is 15.5. The highest BCUT2D eigenvalue weighted by molar-refractivity contribution is 7.98. The number of benzene rings is 1. The van der Waals surface area contributed by atoms with Gasteiger partial charge in [0.1, 0.15) is 0 Å². The van der Waals surface area contributed by atoms with Gasteiger partial charge in [-0.1, -0.05) is 44.2 Å². The van der Waals surface area contributed by atoms with E-state index in [0.29, 0.717) is 4.90 Å². The SMILES string of the molecule is CSCCC(C(=O)O)(C(=O)C(N)CS)N(C(=O)CNC(C)C)C(=O)C(N)Cc1ccccc1. The number of carbonyl (C=O) groups excluding carboxylic acids is 3. The number of ketones is 1. The van der Waals surface area contributed by atoms with Gasteiger partial charge < -0.3 is 21.9 Å². The van der Waals surface area contributed by atoms with Gasteiger partial charge in [0.15, 0.2) is 5.78 Å². The first-order valence-electron chi connectivity index (χ1n) is 10.6. The topological polar surface area (TPSA) is 156 Å². The van der Waals surface area contributed by atoms with E-state index < -0.39 is 41.2 Å². The molecule has 33 heavy (non-hydrogen) atoms. The summed E-state index contributed by atoms with van der Waals surface area (Å²) in [6.07, 6.45) is 1.48. The molecule has 1 aromatic carbocycles. The van der Waals surface area contributed by atoms with Gasteiger partial charge in [0.2, 0.25) is 17.4 Å². The van der Waals surface area contributed by atoms with Crippen molar-refractivity contribution in [1.29, 1.82) is 0 Å². The highest BCUT2D eigenvalue weighted by Crippen LogP contribution is 2.27. The maximum atomic E-state index is 13.5. The Balaban J connectivity index is 3.57. The number of amides is 2. The van der Waals surface area contributed by atoms with Gasteiger partial charge in [-0.15, -0.1) is 0 Å². The Hall–Kier alpha value is -1.92. The van der Waals surface area contributed by atoms with Crippen LogP contribution in [0.15, 0.2) is 30.3 Å². The fourth-order valence-electron chi connectivity index (χ4n) is 3.31. The van der Waals surface area contributed by atoms with Crippen molar-refractivity contribution in [3.05, 3.63) is 35.9 Å². The van der Waals surface area contributed by atoms with Gasteiger partial charge in [-0.05, 0) is 30.4 Å². The first-order valence-corrected chi connectivity index (χ1v) is 12.6. The van der Waals surface area contributed by atoms with E-state index >= 15 is 0 Å². The number of carboxylic acid groups (broad SMARTS) is 1. The molecular weight excluding hydrogens is 464 g/mol. The smallest absolute Gasteiger partial charge is 0.338 e. The Morgan fingerprint density at radius 3 is 2.24 bits per heavy atom. The lowest BCUT2D eigenvalue weighted by molar-refractivity contribution is -0.171. The minimum atomic E-state index is -2.49. The van der Waals surface area contributed by atoms with Crippen LogP contribution in [-0.2, 0) is 25.6 Å². The maximum absolute atomic E-state index is 13.5. The minimum absolute atomic E-state index is 0.0616. The van der Waals surface area contributed by atoms with Crippen LogP contribution < -0.4 is 16.8 Å². The number of hydrogen-bond acceptors (Lipinski definition) is 9. The third-order valence-corrected chi connectivity index (χ3v) is 6.10. The molecule has 2 amide bonds. The molecule has 9 nitrogen and oxygen atoms in total. The number of Topliss-reactive ketones (excluding diaryl/α,β-unsaturated/α-hetero) is 1. The fraction of sp³-hybridized carbons (Fsp3) is 0.545. The van der Waals surface area contributed by atoms with Crippen LogP contribution in [0.2, 0.25) is 0 Å². The van der Waals surface area contributed by atoms with Gasteiger partial charge in [-0.2, -0.15) is 24.4 Å². The van der Waals surface area contributed by atoms with Crippen molar-refractivity contribution in [3.63, 3.8) is 0 Å². The number of nitrogens with two attached hydrogens (primary N) is 2. The number of hydrogen-bond donors (Lipinski definition) is 5. The molecule has 0 saturated heterocycles. The molecule has 0 spiro atoms. The van der Waals surface area contributed by atoms with Crippen molar-refractivity contribution >= 4 is 48.0 Å². The van der Waals surface area contributed by atoms with Crippen molar-refractivity contribution in [3.8, 4) is 0 Å². The third-order valence-electron chi connectivity index (χ3n) is 5.09. The largest absolute Gasteiger partial charge is 0.479 e. The molecular formula is C22H34N4O5S2. The molecule has 1 aromatic rings. The Kier molecular flexibility index (Phi) is 12.1. The van der Waals surface area contributed by atoms with E-state index in [1.165, 1.54) is 11.8 Å². The maximum Gasteiger partial charge on any atom is 0.338 e. The summed E-state index contributed by atoms with van der Waals surface area (Å²) in [5.41, 5.74) is 10.3. The lowest BCUT2D eigenvalue weighted by Crippen LogP contribution is -2.70. The van der Waals surface area contributed by atoms with Crippen molar-refractivity contribution in [2.24, 2.45) is 11.5 Å². The van der Waals surface area contributed by atoms with Gasteiger partial charge in [-0.3, -0.25) is 19.3 Å². The minimum Gasteiger partial charge on any atom is -0.479 e. The zero-order chi connectivity index (χ0) is 25.2. The Morgan fingerprint density at radius 1 is 1.15 bits per heavy atom. The van der Waals surface area contributed by atoms with Crippen LogP contribution >= 0.6 is 24.4 Å². The van der Waals surface area contributed by atoms with Crippen LogP contribution in [0, 0.1) is 0 Å². The van der Waals surface area contributed by atoms with Gasteiger partial charge in [0.05, 0.1) is 18.6 Å².